The van der Waals surface area contributed by atoms with Gasteiger partial charge in [-0.3, -0.25) is 4.98 Å². The molecular formula is C17H29N3O. The number of rotatable bonds is 7. The van der Waals surface area contributed by atoms with Crippen molar-refractivity contribution in [2.24, 2.45) is 5.92 Å². The highest BCUT2D eigenvalue weighted by atomic mass is 16.5. The van der Waals surface area contributed by atoms with E-state index in [9.17, 15) is 0 Å². The molecule has 2 rings (SSSR count). The first-order valence-electron chi connectivity index (χ1n) is 8.07. The van der Waals surface area contributed by atoms with Crippen molar-refractivity contribution in [2.45, 2.75) is 45.8 Å². The van der Waals surface area contributed by atoms with Crippen LogP contribution >= 0.6 is 0 Å². The lowest BCUT2D eigenvalue weighted by Crippen LogP contribution is -2.29. The minimum absolute atomic E-state index is 0.510. The number of nitrogens with zero attached hydrogens (tertiary/aromatic N) is 2. The molecule has 1 N–H and O–H groups in total. The van der Waals surface area contributed by atoms with Crippen molar-refractivity contribution in [3.8, 4) is 0 Å². The summed E-state index contributed by atoms with van der Waals surface area (Å²) in [6, 6.07) is 4.84. The second kappa shape index (κ2) is 8.47. The van der Waals surface area contributed by atoms with Crippen LogP contribution in [0.1, 0.15) is 37.9 Å². The fourth-order valence-corrected chi connectivity index (χ4v) is 2.69. The van der Waals surface area contributed by atoms with Crippen LogP contribution in [0, 0.1) is 5.92 Å². The second-order valence-corrected chi connectivity index (χ2v) is 6.45. The molecule has 118 valence electrons. The molecule has 0 spiro atoms. The van der Waals surface area contributed by atoms with Gasteiger partial charge in [-0.25, -0.2) is 0 Å². The molecule has 21 heavy (non-hydrogen) atoms. The molecule has 1 aromatic heterocycles. The zero-order valence-electron chi connectivity index (χ0n) is 13.6. The monoisotopic (exact) mass is 291 g/mol. The Kier molecular flexibility index (Phi) is 6.61. The van der Waals surface area contributed by atoms with Gasteiger partial charge in [0.25, 0.3) is 0 Å². The van der Waals surface area contributed by atoms with Crippen molar-refractivity contribution in [2.75, 3.05) is 26.8 Å². The average Bonchev–Trinajstić information content (AvgIpc) is 2.47. The standard InChI is InChI=1S/C17H29N3O/c1-14(2)18-10-16-4-5-17(19-11-16)13-20(3)12-15-6-8-21-9-7-15/h4-5,11,14-15,18H,6-10,12-13H2,1-3H3. The largest absolute Gasteiger partial charge is 0.381 e. The van der Waals surface area contributed by atoms with Gasteiger partial charge in [-0.05, 0) is 37.4 Å². The minimum Gasteiger partial charge on any atom is -0.381 e. The summed E-state index contributed by atoms with van der Waals surface area (Å²) in [4.78, 5) is 6.96. The summed E-state index contributed by atoms with van der Waals surface area (Å²) in [6.45, 7) is 9.13. The Hall–Kier alpha value is -0.970. The second-order valence-electron chi connectivity index (χ2n) is 6.45. The quantitative estimate of drug-likeness (QED) is 0.837. The summed E-state index contributed by atoms with van der Waals surface area (Å²) < 4.78 is 5.42. The normalized spacial score (nSPS) is 16.8. The zero-order chi connectivity index (χ0) is 15.1. The van der Waals surface area contributed by atoms with E-state index in [1.165, 1.54) is 18.4 Å². The van der Waals surface area contributed by atoms with Gasteiger partial charge in [-0.1, -0.05) is 19.9 Å². The lowest BCUT2D eigenvalue weighted by atomic mass is 10.00. The van der Waals surface area contributed by atoms with Crippen LogP contribution in [0.15, 0.2) is 18.3 Å². The molecule has 4 nitrogen and oxygen atoms in total. The van der Waals surface area contributed by atoms with Crippen LogP contribution in [0.2, 0.25) is 0 Å². The summed E-state index contributed by atoms with van der Waals surface area (Å²) in [6.07, 6.45) is 4.38. The van der Waals surface area contributed by atoms with Gasteiger partial charge in [0.05, 0.1) is 5.69 Å². The molecule has 0 unspecified atom stereocenters. The van der Waals surface area contributed by atoms with Crippen molar-refractivity contribution in [1.82, 2.24) is 15.2 Å². The van der Waals surface area contributed by atoms with Crippen LogP contribution in [0.25, 0.3) is 0 Å². The van der Waals surface area contributed by atoms with Crippen LogP contribution in [0.4, 0.5) is 0 Å². The first-order chi connectivity index (χ1) is 10.1. The van der Waals surface area contributed by atoms with Gasteiger partial charge in [-0.15, -0.1) is 0 Å². The Bertz CT molecular complexity index is 399. The summed E-state index contributed by atoms with van der Waals surface area (Å²) in [7, 11) is 2.19. The molecule has 0 atom stereocenters. The van der Waals surface area contributed by atoms with E-state index in [4.69, 9.17) is 4.74 Å². The molecule has 0 aromatic carbocycles. The van der Waals surface area contributed by atoms with Gasteiger partial charge < -0.3 is 15.0 Å². The van der Waals surface area contributed by atoms with Gasteiger partial charge in [-0.2, -0.15) is 0 Å². The first kappa shape index (κ1) is 16.4. The van der Waals surface area contributed by atoms with Crippen molar-refractivity contribution < 1.29 is 4.74 Å². The van der Waals surface area contributed by atoms with Crippen LogP contribution < -0.4 is 5.32 Å². The topological polar surface area (TPSA) is 37.4 Å². The summed E-state index contributed by atoms with van der Waals surface area (Å²) >= 11 is 0. The van der Waals surface area contributed by atoms with E-state index >= 15 is 0 Å². The molecule has 1 aliphatic rings. The van der Waals surface area contributed by atoms with Crippen molar-refractivity contribution in [3.05, 3.63) is 29.6 Å². The Balaban J connectivity index is 1.76. The maximum absolute atomic E-state index is 5.42. The SMILES string of the molecule is CC(C)NCc1ccc(CN(C)CC2CCOCC2)nc1. The molecular weight excluding hydrogens is 262 g/mol. The highest BCUT2D eigenvalue weighted by molar-refractivity contribution is 5.14. The van der Waals surface area contributed by atoms with Crippen molar-refractivity contribution in [1.29, 1.82) is 0 Å². The number of hydrogen-bond acceptors (Lipinski definition) is 4. The molecule has 1 fully saturated rings. The number of nitrogens with one attached hydrogen (secondary N) is 1. The zero-order valence-corrected chi connectivity index (χ0v) is 13.6. The molecule has 2 heterocycles. The predicted octanol–water partition coefficient (Wildman–Crippen LogP) is 2.44. The number of aromatic nitrogens is 1. The highest BCUT2D eigenvalue weighted by Crippen LogP contribution is 2.16. The van der Waals surface area contributed by atoms with E-state index in [-0.39, 0.29) is 0 Å². The van der Waals surface area contributed by atoms with Crippen LogP contribution in [0.5, 0.6) is 0 Å². The Morgan fingerprint density at radius 3 is 2.71 bits per heavy atom. The van der Waals surface area contributed by atoms with E-state index < -0.39 is 0 Å². The number of hydrogen-bond donors (Lipinski definition) is 1. The molecule has 0 saturated carbocycles. The summed E-state index contributed by atoms with van der Waals surface area (Å²) in [5.74, 6) is 0.776. The van der Waals surface area contributed by atoms with Crippen LogP contribution in [-0.4, -0.2) is 42.7 Å². The molecule has 1 saturated heterocycles. The third-order valence-electron chi connectivity index (χ3n) is 3.94. The summed E-state index contributed by atoms with van der Waals surface area (Å²) in [5.41, 5.74) is 2.40. The third kappa shape index (κ3) is 6.12. The van der Waals surface area contributed by atoms with Gasteiger partial charge in [0.2, 0.25) is 0 Å². The van der Waals surface area contributed by atoms with Gasteiger partial charge in [0, 0.05) is 45.1 Å². The molecule has 0 aliphatic carbocycles. The van der Waals surface area contributed by atoms with E-state index in [0.717, 1.165) is 44.5 Å². The maximum atomic E-state index is 5.42. The van der Waals surface area contributed by atoms with Gasteiger partial charge in [0.15, 0.2) is 0 Å². The van der Waals surface area contributed by atoms with E-state index in [0.29, 0.717) is 6.04 Å². The Labute approximate surface area is 128 Å². The van der Waals surface area contributed by atoms with E-state index in [1.807, 2.05) is 6.20 Å². The first-order valence-corrected chi connectivity index (χ1v) is 8.07. The third-order valence-corrected chi connectivity index (χ3v) is 3.94. The fourth-order valence-electron chi connectivity index (χ4n) is 2.69. The highest BCUT2D eigenvalue weighted by Gasteiger charge is 2.15. The lowest BCUT2D eigenvalue weighted by Gasteiger charge is -2.26. The Morgan fingerprint density at radius 1 is 1.33 bits per heavy atom. The molecule has 0 amide bonds. The molecule has 1 aromatic rings. The average molecular weight is 291 g/mol. The summed E-state index contributed by atoms with van der Waals surface area (Å²) in [5, 5.41) is 3.41. The lowest BCUT2D eigenvalue weighted by molar-refractivity contribution is 0.0548. The predicted molar refractivity (Wildman–Crippen MR) is 86.1 cm³/mol. The number of pyridine rings is 1. The van der Waals surface area contributed by atoms with Gasteiger partial charge >= 0.3 is 0 Å². The number of ether oxygens (including phenoxy) is 1. The van der Waals surface area contributed by atoms with E-state index in [2.05, 4.69) is 48.2 Å². The Morgan fingerprint density at radius 2 is 2.10 bits per heavy atom. The van der Waals surface area contributed by atoms with Crippen molar-refractivity contribution in [3.63, 3.8) is 0 Å². The minimum atomic E-state index is 0.510. The molecule has 4 heteroatoms. The maximum Gasteiger partial charge on any atom is 0.0544 e. The van der Waals surface area contributed by atoms with Crippen molar-refractivity contribution >= 4 is 0 Å². The fraction of sp³-hybridized carbons (Fsp3) is 0.706. The molecule has 0 bridgehead atoms. The van der Waals surface area contributed by atoms with Crippen LogP contribution in [-0.2, 0) is 17.8 Å². The van der Waals surface area contributed by atoms with Gasteiger partial charge in [0.1, 0.15) is 0 Å². The van der Waals surface area contributed by atoms with Crippen LogP contribution in [0.3, 0.4) is 0 Å². The smallest absolute Gasteiger partial charge is 0.0544 e. The van der Waals surface area contributed by atoms with E-state index in [1.54, 1.807) is 0 Å². The molecule has 0 radical (unpaired) electrons. The molecule has 1 aliphatic heterocycles.